The molecular weight excluding hydrogens is 632 g/mol. The number of carboxylic acids is 1. The second-order valence-corrected chi connectivity index (χ2v) is 17.7. The monoisotopic (exact) mass is 684 g/mol. The lowest BCUT2D eigenvalue weighted by Crippen LogP contribution is -2.71. The van der Waals surface area contributed by atoms with E-state index in [0.29, 0.717) is 43.3 Å². The van der Waals surface area contributed by atoms with Gasteiger partial charge in [-0.05, 0) is 78.9 Å². The lowest BCUT2D eigenvalue weighted by atomic mass is 9.33. The number of Topliss-reactive ketones (excluding diaryl/α,β-unsaturated/α-hetero) is 2. The quantitative estimate of drug-likeness (QED) is 0.124. The molecule has 0 aliphatic heterocycles. The maximum atomic E-state index is 15.1. The summed E-state index contributed by atoms with van der Waals surface area (Å²) in [6.07, 6.45) is 9.38. The first kappa shape index (κ1) is 35.1. The van der Waals surface area contributed by atoms with E-state index in [2.05, 4.69) is 13.8 Å². The Labute approximate surface area is 294 Å². The first-order valence-corrected chi connectivity index (χ1v) is 18.3. The van der Waals surface area contributed by atoms with Gasteiger partial charge in [-0.3, -0.25) is 9.59 Å². The molecule has 3 fully saturated rings. The molecule has 3 saturated carbocycles. The number of carbonyl (C=O) groups excluding carboxylic acids is 2. The number of carboxylic acid groups (broad SMARTS) is 1. The molecule has 50 heavy (non-hydrogen) atoms. The lowest BCUT2D eigenvalue weighted by molar-refractivity contribution is -0.176. The van der Waals surface area contributed by atoms with Crippen LogP contribution in [0.25, 0.3) is 6.08 Å². The van der Waals surface area contributed by atoms with Gasteiger partial charge in [0.05, 0.1) is 11.2 Å². The van der Waals surface area contributed by atoms with Crippen LogP contribution in [0.2, 0.25) is 0 Å². The highest BCUT2D eigenvalue weighted by atomic mass is 16.4. The van der Waals surface area contributed by atoms with Crippen LogP contribution in [0.1, 0.15) is 98.5 Å². The standard InChI is InChI=1S/C42H52O8/c1-24(21-28(43)32(46)25(2)35(47)48)39-16-10-17-42-34-31(29(44)22-38(39,42)6)37(5)18-15-30(45)36(3,4)33(37)27(14-13-26-11-8-7-9-12-26)41(34,50)20-19-40(42,49)23-39/h7-9,11-14,19-20,24,27-28,33,43,46,49-50H,10,15-18,21-23H2,1-6H3,(H,47,48). The molecule has 6 aliphatic rings. The molecule has 2 bridgehead atoms. The number of fused-ring (bicyclic) bond motifs is 2. The topological polar surface area (TPSA) is 152 Å². The van der Waals surface area contributed by atoms with Crippen LogP contribution in [0.4, 0.5) is 0 Å². The summed E-state index contributed by atoms with van der Waals surface area (Å²) in [5, 5.41) is 57.9. The first-order valence-electron chi connectivity index (χ1n) is 18.3. The third-order valence-electron chi connectivity index (χ3n) is 15.4. The molecular formula is C42H52O8. The number of aliphatic carboxylic acids is 1. The molecule has 8 heteroatoms. The number of aliphatic hydroxyl groups excluding tert-OH is 2. The van der Waals surface area contributed by atoms with Gasteiger partial charge in [0.2, 0.25) is 0 Å². The SMILES string of the molecule is CC(C(=O)O)=C(O)C(O)CC(C)C12CCCC34C5=C(C(=O)CC13C)C1(C)CCC(=O)C(C)(C)C1C(C=Cc1ccccc1)C5(O)C=CC4(O)C2. The van der Waals surface area contributed by atoms with Gasteiger partial charge in [0, 0.05) is 40.6 Å². The largest absolute Gasteiger partial charge is 0.509 e. The number of rotatable bonds is 7. The Morgan fingerprint density at radius 3 is 2.34 bits per heavy atom. The van der Waals surface area contributed by atoms with E-state index in [9.17, 15) is 35.1 Å². The average molecular weight is 685 g/mol. The molecule has 1 aromatic rings. The van der Waals surface area contributed by atoms with Gasteiger partial charge in [-0.2, -0.15) is 0 Å². The van der Waals surface area contributed by atoms with Crippen molar-refractivity contribution in [1.82, 2.24) is 0 Å². The number of ketones is 2. The second kappa shape index (κ2) is 10.8. The lowest BCUT2D eigenvalue weighted by Gasteiger charge is -2.70. The van der Waals surface area contributed by atoms with Gasteiger partial charge in [-0.15, -0.1) is 0 Å². The normalized spacial score (nSPS) is 42.9. The summed E-state index contributed by atoms with van der Waals surface area (Å²) < 4.78 is 0. The Balaban J connectivity index is 1.46. The van der Waals surface area contributed by atoms with Crippen molar-refractivity contribution in [3.8, 4) is 0 Å². The predicted octanol–water partition coefficient (Wildman–Crippen LogP) is 6.51. The van der Waals surface area contributed by atoms with Crippen molar-refractivity contribution in [1.29, 1.82) is 0 Å². The molecule has 8 nitrogen and oxygen atoms in total. The summed E-state index contributed by atoms with van der Waals surface area (Å²) in [6.45, 7) is 11.3. The Hall–Kier alpha value is -3.33. The minimum absolute atomic E-state index is 0.0464. The van der Waals surface area contributed by atoms with Gasteiger partial charge in [-0.1, -0.05) is 89.6 Å². The molecule has 0 heterocycles. The third-order valence-corrected chi connectivity index (χ3v) is 15.4. The number of hydrogen-bond acceptors (Lipinski definition) is 7. The fourth-order valence-corrected chi connectivity index (χ4v) is 13.2. The van der Waals surface area contributed by atoms with E-state index in [1.165, 1.54) is 6.92 Å². The summed E-state index contributed by atoms with van der Waals surface area (Å²) in [5.74, 6) is -3.13. The predicted molar refractivity (Wildman–Crippen MR) is 188 cm³/mol. The van der Waals surface area contributed by atoms with Crippen molar-refractivity contribution in [3.05, 3.63) is 76.6 Å². The van der Waals surface area contributed by atoms with E-state index in [4.69, 9.17) is 0 Å². The Kier molecular flexibility index (Phi) is 7.61. The molecule has 10 atom stereocenters. The Bertz CT molecular complexity index is 1800. The van der Waals surface area contributed by atoms with Crippen LogP contribution in [0.3, 0.4) is 0 Å². The van der Waals surface area contributed by atoms with Crippen LogP contribution in [0, 0.1) is 44.8 Å². The highest BCUT2D eigenvalue weighted by Crippen LogP contribution is 2.84. The Morgan fingerprint density at radius 1 is 1.00 bits per heavy atom. The molecule has 7 rings (SSSR count). The summed E-state index contributed by atoms with van der Waals surface area (Å²) >= 11 is 0. The zero-order valence-electron chi connectivity index (χ0n) is 30.1. The number of benzene rings is 1. The summed E-state index contributed by atoms with van der Waals surface area (Å²) in [7, 11) is 0. The maximum Gasteiger partial charge on any atom is 0.334 e. The van der Waals surface area contributed by atoms with Gasteiger partial charge in [0.1, 0.15) is 23.2 Å². The van der Waals surface area contributed by atoms with Crippen LogP contribution in [0.15, 0.2) is 71.0 Å². The fourth-order valence-electron chi connectivity index (χ4n) is 13.2. The van der Waals surface area contributed by atoms with Crippen molar-refractivity contribution in [2.24, 2.45) is 44.8 Å². The number of allylic oxidation sites excluding steroid dienone is 1. The minimum Gasteiger partial charge on any atom is -0.509 e. The molecule has 0 aromatic heterocycles. The first-order chi connectivity index (χ1) is 23.3. The van der Waals surface area contributed by atoms with Crippen molar-refractivity contribution in [2.45, 2.75) is 110 Å². The third kappa shape index (κ3) is 4.07. The van der Waals surface area contributed by atoms with Gasteiger partial charge in [0.25, 0.3) is 0 Å². The summed E-state index contributed by atoms with van der Waals surface area (Å²) in [6, 6.07) is 9.84. The van der Waals surface area contributed by atoms with E-state index in [1.807, 2.05) is 63.3 Å². The van der Waals surface area contributed by atoms with Crippen molar-refractivity contribution < 1.29 is 39.9 Å². The molecule has 268 valence electrons. The van der Waals surface area contributed by atoms with E-state index < -0.39 is 67.9 Å². The van der Waals surface area contributed by atoms with E-state index in [-0.39, 0.29) is 35.9 Å². The van der Waals surface area contributed by atoms with Crippen LogP contribution >= 0.6 is 0 Å². The highest BCUT2D eigenvalue weighted by Gasteiger charge is 2.84. The van der Waals surface area contributed by atoms with Crippen molar-refractivity contribution in [2.75, 3.05) is 0 Å². The van der Waals surface area contributed by atoms with Crippen LogP contribution in [-0.2, 0) is 14.4 Å². The van der Waals surface area contributed by atoms with E-state index >= 15 is 4.79 Å². The van der Waals surface area contributed by atoms with Crippen LogP contribution in [-0.4, -0.2) is 60.4 Å². The van der Waals surface area contributed by atoms with Crippen molar-refractivity contribution in [3.63, 3.8) is 0 Å². The van der Waals surface area contributed by atoms with Crippen molar-refractivity contribution >= 4 is 23.6 Å². The van der Waals surface area contributed by atoms with Gasteiger partial charge in [-0.25, -0.2) is 4.79 Å². The molecule has 1 spiro atoms. The number of carbonyl (C=O) groups is 3. The molecule has 1 aromatic carbocycles. The second-order valence-electron chi connectivity index (χ2n) is 17.7. The molecule has 0 saturated heterocycles. The number of hydrogen-bond donors (Lipinski definition) is 5. The van der Waals surface area contributed by atoms with E-state index in [1.54, 1.807) is 12.2 Å². The molecule has 5 N–H and O–H groups in total. The smallest absolute Gasteiger partial charge is 0.334 e. The molecule has 10 unspecified atom stereocenters. The maximum absolute atomic E-state index is 15.1. The van der Waals surface area contributed by atoms with Gasteiger partial charge >= 0.3 is 5.97 Å². The average Bonchev–Trinajstić information content (AvgIpc) is 3.13. The minimum atomic E-state index is -1.65. The van der Waals surface area contributed by atoms with Crippen LogP contribution < -0.4 is 0 Å². The molecule has 0 amide bonds. The zero-order chi connectivity index (χ0) is 36.4. The van der Waals surface area contributed by atoms with E-state index in [0.717, 1.165) is 12.0 Å². The summed E-state index contributed by atoms with van der Waals surface area (Å²) in [5.41, 5.74) is -5.30. The molecule has 0 radical (unpaired) electrons. The zero-order valence-corrected chi connectivity index (χ0v) is 30.1. The Morgan fingerprint density at radius 2 is 1.68 bits per heavy atom. The van der Waals surface area contributed by atoms with Gasteiger partial charge < -0.3 is 25.5 Å². The van der Waals surface area contributed by atoms with Crippen LogP contribution in [0.5, 0.6) is 0 Å². The fraction of sp³-hybridized carbons (Fsp3) is 0.595. The summed E-state index contributed by atoms with van der Waals surface area (Å²) in [4.78, 5) is 40.4. The molecule has 6 aliphatic carbocycles. The highest BCUT2D eigenvalue weighted by molar-refractivity contribution is 6.02. The number of aliphatic hydroxyl groups is 4. The van der Waals surface area contributed by atoms with Gasteiger partial charge in [0.15, 0.2) is 5.78 Å².